The molecule has 4 aliphatic rings. The number of fused-ring (bicyclic) bond motifs is 2. The van der Waals surface area contributed by atoms with Crippen LogP contribution in [-0.2, 0) is 11.2 Å². The zero-order valence-electron chi connectivity index (χ0n) is 23.2. The fourth-order valence-corrected chi connectivity index (χ4v) is 12.1. The van der Waals surface area contributed by atoms with Crippen LogP contribution >= 0.6 is 10.0 Å². The predicted molar refractivity (Wildman–Crippen MR) is 160 cm³/mol. The van der Waals surface area contributed by atoms with Gasteiger partial charge in [-0.3, -0.25) is 10.2 Å². The van der Waals surface area contributed by atoms with E-state index in [1.54, 1.807) is 11.8 Å². The molecule has 4 atom stereocenters. The maximum Gasteiger partial charge on any atom is 0.325 e. The van der Waals surface area contributed by atoms with E-state index in [0.717, 1.165) is 46.0 Å². The van der Waals surface area contributed by atoms with Crippen LogP contribution in [0.4, 0.5) is 16.2 Å². The molecule has 6 rings (SSSR count). The first-order chi connectivity index (χ1) is 19.1. The van der Waals surface area contributed by atoms with E-state index in [-0.39, 0.29) is 44.8 Å². The van der Waals surface area contributed by atoms with Gasteiger partial charge in [0.1, 0.15) is 17.3 Å². The van der Waals surface area contributed by atoms with Crippen molar-refractivity contribution in [2.45, 2.75) is 67.6 Å². The SMILES string of the molecule is CC(C)c1cc(C(=N)N(C(N)=O)c2ccc3c(c2)CCN3CCNC(=O)CCCC[C@H]2C3C4CS432)c(O)cc1O. The molecule has 0 bridgehead atoms. The third-order valence-corrected chi connectivity index (χ3v) is 14.0. The second kappa shape index (κ2) is 9.90. The highest BCUT2D eigenvalue weighted by atomic mass is 32.3. The summed E-state index contributed by atoms with van der Waals surface area (Å²) in [5.41, 5.74) is 8.86. The minimum absolute atomic E-state index is 0.0299. The predicted octanol–water partition coefficient (Wildman–Crippen LogP) is 4.12. The molecule has 2 aromatic rings. The summed E-state index contributed by atoms with van der Waals surface area (Å²) in [5, 5.41) is 35.8. The quantitative estimate of drug-likeness (QED) is 0.121. The van der Waals surface area contributed by atoms with E-state index < -0.39 is 6.03 Å². The van der Waals surface area contributed by atoms with E-state index in [4.69, 9.17) is 11.1 Å². The van der Waals surface area contributed by atoms with Crippen molar-refractivity contribution in [3.63, 3.8) is 0 Å². The van der Waals surface area contributed by atoms with Crippen LogP contribution in [0.3, 0.4) is 0 Å². The van der Waals surface area contributed by atoms with Crippen molar-refractivity contribution >= 4 is 39.2 Å². The number of anilines is 2. The van der Waals surface area contributed by atoms with Gasteiger partial charge in [0.05, 0.1) is 11.3 Å². The highest BCUT2D eigenvalue weighted by molar-refractivity contribution is 8.54. The standard InChI is InChI=1S/C30H39N5O4S/c1-17(2)20-14-21(24(37)15-23(20)36)29(31)35(30(32)39)19-7-8-22-18(13-19)9-11-34(22)12-10-33-27(38)6-4-3-5-25-28-26-16-40(25,26)28/h7-8,13-15,17,25-26,28,31,36-37H,3-6,9-12,16H2,1-2H3,(H2,32,39)(H,33,38)/t25-,26?,28?/m0/s1. The lowest BCUT2D eigenvalue weighted by Gasteiger charge is -2.24. The minimum atomic E-state index is -0.840. The van der Waals surface area contributed by atoms with Crippen molar-refractivity contribution in [3.05, 3.63) is 47.0 Å². The second-order valence-corrected chi connectivity index (χ2v) is 15.8. The van der Waals surface area contributed by atoms with Crippen LogP contribution < -0.4 is 20.9 Å². The summed E-state index contributed by atoms with van der Waals surface area (Å²) in [7, 11) is 0.0299. The number of primary amides is 1. The van der Waals surface area contributed by atoms with Gasteiger partial charge in [-0.2, -0.15) is 0 Å². The molecule has 2 aromatic carbocycles. The number of nitrogens with two attached hydrogens (primary N) is 1. The molecule has 10 heteroatoms. The molecule has 3 saturated heterocycles. The lowest BCUT2D eigenvalue weighted by Crippen LogP contribution is -2.41. The molecule has 214 valence electrons. The number of carbonyl (C=O) groups excluding carboxylic acids is 2. The number of nitrogens with zero attached hydrogens (tertiary/aromatic N) is 2. The Kier molecular flexibility index (Phi) is 6.64. The van der Waals surface area contributed by atoms with Crippen LogP contribution in [0, 0.1) is 5.41 Å². The van der Waals surface area contributed by atoms with Gasteiger partial charge in [-0.05, 0) is 66.3 Å². The van der Waals surface area contributed by atoms with Crippen molar-refractivity contribution in [2.24, 2.45) is 5.73 Å². The Morgan fingerprint density at radius 1 is 1.20 bits per heavy atom. The van der Waals surface area contributed by atoms with Gasteiger partial charge in [0.15, 0.2) is 0 Å². The average molecular weight is 566 g/mol. The molecule has 0 aromatic heterocycles. The Hall–Kier alpha value is -3.40. The number of phenolic OH excluding ortho intramolecular Hbond substituents is 2. The number of urea groups is 1. The Bertz CT molecular complexity index is 1400. The summed E-state index contributed by atoms with van der Waals surface area (Å²) < 4.78 is 0. The molecule has 0 aliphatic carbocycles. The van der Waals surface area contributed by atoms with Gasteiger partial charge in [0, 0.05) is 53.6 Å². The first kappa shape index (κ1) is 26.8. The Labute approximate surface area is 236 Å². The van der Waals surface area contributed by atoms with Crippen molar-refractivity contribution in [1.82, 2.24) is 5.32 Å². The Morgan fingerprint density at radius 2 is 1.98 bits per heavy atom. The number of unbranched alkanes of at least 4 members (excludes halogenated alkanes) is 1. The minimum Gasteiger partial charge on any atom is -0.508 e. The summed E-state index contributed by atoms with van der Waals surface area (Å²) in [6, 6.07) is 7.37. The zero-order chi connectivity index (χ0) is 28.3. The van der Waals surface area contributed by atoms with Gasteiger partial charge in [-0.25, -0.2) is 19.7 Å². The highest BCUT2D eigenvalue weighted by Gasteiger charge is 2.93. The van der Waals surface area contributed by atoms with E-state index >= 15 is 0 Å². The van der Waals surface area contributed by atoms with Crippen LogP contribution in [0.2, 0.25) is 0 Å². The Morgan fingerprint density at radius 3 is 2.65 bits per heavy atom. The number of hydrogen-bond donors (Lipinski definition) is 5. The molecule has 9 nitrogen and oxygen atoms in total. The fourth-order valence-electron chi connectivity index (χ4n) is 6.73. The van der Waals surface area contributed by atoms with E-state index in [9.17, 15) is 19.8 Å². The monoisotopic (exact) mass is 565 g/mol. The lowest BCUT2D eigenvalue weighted by molar-refractivity contribution is -0.121. The average Bonchev–Trinajstić information content (AvgIpc) is 3.81. The summed E-state index contributed by atoms with van der Waals surface area (Å²) in [6.45, 7) is 5.86. The molecular weight excluding hydrogens is 526 g/mol. The number of amides is 3. The smallest absolute Gasteiger partial charge is 0.325 e. The number of nitrogens with one attached hydrogen (secondary N) is 2. The first-order valence-corrected chi connectivity index (χ1v) is 16.3. The van der Waals surface area contributed by atoms with Gasteiger partial charge in [0.25, 0.3) is 0 Å². The van der Waals surface area contributed by atoms with Gasteiger partial charge in [-0.1, -0.05) is 20.3 Å². The maximum absolute atomic E-state index is 12.5. The third kappa shape index (κ3) is 4.56. The van der Waals surface area contributed by atoms with Crippen molar-refractivity contribution in [3.8, 4) is 11.5 Å². The molecule has 0 saturated carbocycles. The van der Waals surface area contributed by atoms with Crippen LogP contribution in [0.15, 0.2) is 30.3 Å². The van der Waals surface area contributed by atoms with E-state index in [0.29, 0.717) is 30.8 Å². The van der Waals surface area contributed by atoms with Gasteiger partial charge in [-0.15, -0.1) is 0 Å². The number of benzene rings is 2. The van der Waals surface area contributed by atoms with Crippen molar-refractivity contribution in [2.75, 3.05) is 35.2 Å². The molecule has 3 unspecified atom stereocenters. The zero-order valence-corrected chi connectivity index (χ0v) is 24.0. The molecule has 6 N–H and O–H groups in total. The summed E-state index contributed by atoms with van der Waals surface area (Å²) >= 11 is 0. The van der Waals surface area contributed by atoms with E-state index in [2.05, 4.69) is 10.2 Å². The summed E-state index contributed by atoms with van der Waals surface area (Å²) in [6.07, 6.45) is 4.89. The summed E-state index contributed by atoms with van der Waals surface area (Å²) in [4.78, 5) is 28.1. The van der Waals surface area contributed by atoms with E-state index in [1.807, 2.05) is 26.0 Å². The normalized spacial score (nSPS) is 26.3. The number of rotatable bonds is 11. The molecule has 0 radical (unpaired) electrons. The number of aromatic hydroxyl groups is 2. The number of amidine groups is 1. The molecule has 40 heavy (non-hydrogen) atoms. The number of phenols is 2. The molecule has 3 amide bonds. The topological polar surface area (TPSA) is 143 Å². The first-order valence-electron chi connectivity index (χ1n) is 14.3. The highest BCUT2D eigenvalue weighted by Crippen LogP contribution is 3.09. The van der Waals surface area contributed by atoms with Gasteiger partial charge >= 0.3 is 6.03 Å². The van der Waals surface area contributed by atoms with Crippen LogP contribution in [0.25, 0.3) is 0 Å². The van der Waals surface area contributed by atoms with Crippen LogP contribution in [0.1, 0.15) is 62.1 Å². The maximum atomic E-state index is 12.5. The molecule has 4 aliphatic heterocycles. The van der Waals surface area contributed by atoms with Gasteiger partial charge < -0.3 is 26.2 Å². The fraction of sp³-hybridized carbons (Fsp3) is 0.500. The third-order valence-electron chi connectivity index (χ3n) is 9.18. The van der Waals surface area contributed by atoms with Gasteiger partial charge in [0.2, 0.25) is 5.91 Å². The molecule has 4 heterocycles. The summed E-state index contributed by atoms with van der Waals surface area (Å²) in [5.74, 6) is 1.01. The van der Waals surface area contributed by atoms with Crippen molar-refractivity contribution < 1.29 is 19.8 Å². The molecule has 3 fully saturated rings. The van der Waals surface area contributed by atoms with Crippen molar-refractivity contribution in [1.29, 1.82) is 5.41 Å². The Balaban J connectivity index is 1.04. The number of carbonyl (C=O) groups is 2. The largest absolute Gasteiger partial charge is 0.508 e. The van der Waals surface area contributed by atoms with Crippen LogP contribution in [0.5, 0.6) is 11.5 Å². The second-order valence-electron chi connectivity index (χ2n) is 11.9. The lowest BCUT2D eigenvalue weighted by atomic mass is 9.98. The molecule has 1 spiro atoms. The number of hydrogen-bond acceptors (Lipinski definition) is 6. The van der Waals surface area contributed by atoms with Crippen LogP contribution in [-0.4, -0.2) is 69.1 Å². The molecular formula is C30H39N5O4S. The van der Waals surface area contributed by atoms with E-state index in [1.165, 1.54) is 30.2 Å².